The predicted octanol–water partition coefficient (Wildman–Crippen LogP) is 3.58. The smallest absolute Gasteiger partial charge is 0.223 e. The fourth-order valence-electron chi connectivity index (χ4n) is 4.01. The zero-order chi connectivity index (χ0) is 23.5. The minimum absolute atomic E-state index is 0.0284. The molecule has 1 fully saturated rings. The molecule has 1 aliphatic heterocycles. The number of piperazine rings is 1. The van der Waals surface area contributed by atoms with Crippen LogP contribution in [0, 0.1) is 5.82 Å². The van der Waals surface area contributed by atoms with Crippen LogP contribution in [0.5, 0.6) is 0 Å². The monoisotopic (exact) mass is 461 g/mol. The van der Waals surface area contributed by atoms with Gasteiger partial charge in [0.1, 0.15) is 10.6 Å². The van der Waals surface area contributed by atoms with Crippen molar-refractivity contribution in [2.75, 3.05) is 37.6 Å². The topological polar surface area (TPSA) is 60.9 Å². The van der Waals surface area contributed by atoms with Crippen LogP contribution in [0.15, 0.2) is 48.5 Å². The molecule has 2 aromatic carbocycles. The number of rotatable bonds is 7. The highest BCUT2D eigenvalue weighted by Crippen LogP contribution is 2.33. The molecule has 1 amide bonds. The van der Waals surface area contributed by atoms with Crippen LogP contribution in [0.2, 0.25) is 0 Å². The first-order valence-corrected chi connectivity index (χ1v) is 12.4. The van der Waals surface area contributed by atoms with Crippen molar-refractivity contribution in [1.29, 1.82) is 0 Å². The summed E-state index contributed by atoms with van der Waals surface area (Å²) in [5.41, 5.74) is 1.77. The summed E-state index contributed by atoms with van der Waals surface area (Å²) in [6, 6.07) is 14.0. The van der Waals surface area contributed by atoms with E-state index in [0.717, 1.165) is 5.69 Å². The van der Waals surface area contributed by atoms with Gasteiger partial charge in [-0.05, 0) is 31.5 Å². The van der Waals surface area contributed by atoms with E-state index in [4.69, 9.17) is 0 Å². The number of hydrogen-bond donors (Lipinski definition) is 0. The van der Waals surface area contributed by atoms with Gasteiger partial charge in [-0.2, -0.15) is 4.31 Å². The van der Waals surface area contributed by atoms with Gasteiger partial charge in [-0.1, -0.05) is 43.3 Å². The Morgan fingerprint density at radius 2 is 1.69 bits per heavy atom. The average molecular weight is 462 g/mol. The Hall–Kier alpha value is -2.45. The van der Waals surface area contributed by atoms with Gasteiger partial charge in [0.15, 0.2) is 0 Å². The number of carbonyl (C=O) groups is 1. The second kappa shape index (κ2) is 9.58. The van der Waals surface area contributed by atoms with E-state index in [1.807, 2.05) is 29.2 Å². The summed E-state index contributed by atoms with van der Waals surface area (Å²) in [5, 5.41) is 0. The molecule has 6 nitrogen and oxygen atoms in total. The Kier molecular flexibility index (Phi) is 7.25. The summed E-state index contributed by atoms with van der Waals surface area (Å²) in [4.78, 5) is 15.3. The Balaban J connectivity index is 1.78. The fraction of sp³-hybridized carbons (Fsp3) is 0.458. The van der Waals surface area contributed by atoms with E-state index < -0.39 is 20.6 Å². The van der Waals surface area contributed by atoms with Gasteiger partial charge in [0, 0.05) is 57.4 Å². The third-order valence-corrected chi connectivity index (χ3v) is 8.87. The van der Waals surface area contributed by atoms with Crippen LogP contribution >= 0.6 is 0 Å². The maximum atomic E-state index is 15.0. The normalized spacial score (nSPS) is 15.3. The van der Waals surface area contributed by atoms with Gasteiger partial charge >= 0.3 is 0 Å². The molecule has 0 aliphatic carbocycles. The molecule has 0 atom stereocenters. The summed E-state index contributed by atoms with van der Waals surface area (Å²) in [7, 11) is -3.74. The number of benzene rings is 2. The van der Waals surface area contributed by atoms with Gasteiger partial charge in [-0.25, -0.2) is 12.8 Å². The average Bonchev–Trinajstić information content (AvgIpc) is 2.78. The van der Waals surface area contributed by atoms with Gasteiger partial charge in [-0.15, -0.1) is 0 Å². The van der Waals surface area contributed by atoms with Crippen molar-refractivity contribution < 1.29 is 17.6 Å². The van der Waals surface area contributed by atoms with Crippen LogP contribution in [0.1, 0.15) is 38.8 Å². The number of amides is 1. The van der Waals surface area contributed by atoms with Crippen LogP contribution in [-0.2, 0) is 26.1 Å². The van der Waals surface area contributed by atoms with E-state index in [0.29, 0.717) is 37.3 Å². The fourth-order valence-corrected chi connectivity index (χ4v) is 5.74. The molecule has 0 bridgehead atoms. The van der Waals surface area contributed by atoms with Crippen molar-refractivity contribution in [3.8, 4) is 0 Å². The van der Waals surface area contributed by atoms with Crippen molar-refractivity contribution in [2.45, 2.75) is 39.0 Å². The van der Waals surface area contributed by atoms with Crippen LogP contribution in [0.3, 0.4) is 0 Å². The lowest BCUT2D eigenvalue weighted by atomic mass is 10.0. The largest absolute Gasteiger partial charge is 0.368 e. The van der Waals surface area contributed by atoms with E-state index >= 15 is 4.39 Å². The summed E-state index contributed by atoms with van der Waals surface area (Å²) in [6.07, 6.45) is 0. The zero-order valence-corrected chi connectivity index (χ0v) is 20.0. The molecule has 0 N–H and O–H groups in total. The quantitative estimate of drug-likeness (QED) is 0.632. The Morgan fingerprint density at radius 3 is 2.22 bits per heavy atom. The van der Waals surface area contributed by atoms with Gasteiger partial charge in [0.05, 0.1) is 0 Å². The predicted molar refractivity (Wildman–Crippen MR) is 125 cm³/mol. The molecule has 0 saturated carbocycles. The van der Waals surface area contributed by atoms with Crippen molar-refractivity contribution in [3.05, 3.63) is 65.5 Å². The lowest BCUT2D eigenvalue weighted by Crippen LogP contribution is -2.48. The molecule has 174 valence electrons. The summed E-state index contributed by atoms with van der Waals surface area (Å²) in [6.45, 7) is 9.38. The maximum absolute atomic E-state index is 15.0. The maximum Gasteiger partial charge on any atom is 0.223 e. The van der Waals surface area contributed by atoms with Gasteiger partial charge in [0.25, 0.3) is 0 Å². The first-order valence-electron chi connectivity index (χ1n) is 10.9. The summed E-state index contributed by atoms with van der Waals surface area (Å²) < 4.78 is 42.1. The first kappa shape index (κ1) is 24.2. The van der Waals surface area contributed by atoms with Gasteiger partial charge in [0.2, 0.25) is 15.9 Å². The van der Waals surface area contributed by atoms with Gasteiger partial charge < -0.3 is 9.80 Å². The van der Waals surface area contributed by atoms with E-state index in [1.54, 1.807) is 50.8 Å². The third kappa shape index (κ3) is 4.81. The van der Waals surface area contributed by atoms with Crippen molar-refractivity contribution in [1.82, 2.24) is 9.21 Å². The molecule has 0 unspecified atom stereocenters. The lowest BCUT2D eigenvalue weighted by Gasteiger charge is -2.36. The van der Waals surface area contributed by atoms with E-state index in [-0.39, 0.29) is 19.0 Å². The van der Waals surface area contributed by atoms with E-state index in [9.17, 15) is 13.2 Å². The van der Waals surface area contributed by atoms with Crippen molar-refractivity contribution in [3.63, 3.8) is 0 Å². The molecule has 0 spiro atoms. The van der Waals surface area contributed by atoms with E-state index in [2.05, 4.69) is 0 Å². The standard InChI is InChI=1S/C24H32FN3O3S/c1-5-28(32(30,31)24(3,4)21-9-7-6-8-10-21)18-20-11-12-22(17-23(20)25)27-15-13-26(14-16-27)19(2)29/h6-12,17H,5,13-16,18H2,1-4H3. The Morgan fingerprint density at radius 1 is 1.06 bits per heavy atom. The van der Waals surface area contributed by atoms with Crippen LogP contribution in [0.4, 0.5) is 10.1 Å². The van der Waals surface area contributed by atoms with Crippen LogP contribution in [-0.4, -0.2) is 56.3 Å². The molecule has 2 aromatic rings. The molecule has 0 aromatic heterocycles. The number of halogens is 1. The molecular formula is C24H32FN3O3S. The number of anilines is 1. The highest BCUT2D eigenvalue weighted by atomic mass is 32.2. The number of nitrogens with zero attached hydrogens (tertiary/aromatic N) is 3. The molecule has 1 saturated heterocycles. The SMILES string of the molecule is CCN(Cc1ccc(N2CCN(C(C)=O)CC2)cc1F)S(=O)(=O)C(C)(C)c1ccccc1. The highest BCUT2D eigenvalue weighted by Gasteiger charge is 2.40. The molecular weight excluding hydrogens is 429 g/mol. The minimum atomic E-state index is -3.74. The third-order valence-electron chi connectivity index (χ3n) is 6.28. The molecule has 8 heteroatoms. The number of sulfonamides is 1. The highest BCUT2D eigenvalue weighted by molar-refractivity contribution is 7.90. The second-order valence-electron chi connectivity index (χ2n) is 8.58. The van der Waals surface area contributed by atoms with Crippen LogP contribution < -0.4 is 4.90 Å². The number of hydrogen-bond acceptors (Lipinski definition) is 4. The molecule has 0 radical (unpaired) electrons. The summed E-state index contributed by atoms with van der Waals surface area (Å²) in [5.74, 6) is -0.381. The van der Waals surface area contributed by atoms with Crippen molar-refractivity contribution >= 4 is 21.6 Å². The van der Waals surface area contributed by atoms with Crippen molar-refractivity contribution in [2.24, 2.45) is 0 Å². The molecule has 1 heterocycles. The second-order valence-corrected chi connectivity index (χ2v) is 11.1. The summed E-state index contributed by atoms with van der Waals surface area (Å²) >= 11 is 0. The van der Waals surface area contributed by atoms with E-state index in [1.165, 1.54) is 10.4 Å². The lowest BCUT2D eigenvalue weighted by molar-refractivity contribution is -0.129. The first-order chi connectivity index (χ1) is 15.1. The number of carbonyl (C=O) groups excluding carboxylic acids is 1. The molecule has 3 rings (SSSR count). The Labute approximate surface area is 190 Å². The zero-order valence-electron chi connectivity index (χ0n) is 19.2. The van der Waals surface area contributed by atoms with Gasteiger partial charge in [-0.3, -0.25) is 4.79 Å². The minimum Gasteiger partial charge on any atom is -0.368 e. The van der Waals surface area contributed by atoms with Crippen LogP contribution in [0.25, 0.3) is 0 Å². The Bertz CT molecular complexity index is 1050. The molecule has 1 aliphatic rings. The molecule has 32 heavy (non-hydrogen) atoms.